The second kappa shape index (κ2) is 6.04. The number of nitrogens with zero attached hydrogens (tertiary/aromatic N) is 3. The minimum absolute atomic E-state index is 0.107. The van der Waals surface area contributed by atoms with E-state index in [1.54, 1.807) is 25.1 Å². The van der Waals surface area contributed by atoms with Crippen molar-refractivity contribution in [1.82, 2.24) is 20.2 Å². The van der Waals surface area contributed by atoms with Gasteiger partial charge in [-0.05, 0) is 47.5 Å². The smallest absolute Gasteiger partial charge is 0.365 e. The van der Waals surface area contributed by atoms with Gasteiger partial charge < -0.3 is 4.74 Å². The monoisotopic (exact) mass is 314 g/mol. The van der Waals surface area contributed by atoms with Crippen LogP contribution in [0.25, 0.3) is 5.69 Å². The maximum absolute atomic E-state index is 14.0. The molecule has 0 saturated carbocycles. The van der Waals surface area contributed by atoms with Crippen LogP contribution in [0.2, 0.25) is 0 Å². The third kappa shape index (κ3) is 2.98. The van der Waals surface area contributed by atoms with Gasteiger partial charge in [-0.2, -0.15) is 4.68 Å². The summed E-state index contributed by atoms with van der Waals surface area (Å²) < 4.78 is 20.8. The van der Waals surface area contributed by atoms with Gasteiger partial charge in [0.05, 0.1) is 5.69 Å². The van der Waals surface area contributed by atoms with E-state index in [1.165, 1.54) is 6.07 Å². The van der Waals surface area contributed by atoms with E-state index in [2.05, 4.69) is 15.5 Å². The van der Waals surface area contributed by atoms with Gasteiger partial charge in [0.1, 0.15) is 6.61 Å². The molecule has 7 heteroatoms. The summed E-state index contributed by atoms with van der Waals surface area (Å²) >= 11 is 0. The highest BCUT2D eigenvalue weighted by Gasteiger charge is 2.12. The van der Waals surface area contributed by atoms with Crippen LogP contribution in [0.4, 0.5) is 4.39 Å². The maximum atomic E-state index is 14.0. The van der Waals surface area contributed by atoms with Gasteiger partial charge in [0, 0.05) is 5.56 Å². The summed E-state index contributed by atoms with van der Waals surface area (Å²) in [6.45, 7) is 3.72. The van der Waals surface area contributed by atoms with Crippen molar-refractivity contribution in [2.24, 2.45) is 0 Å². The number of benzene rings is 2. The second-order valence-corrected chi connectivity index (χ2v) is 5.23. The number of aromatic amines is 1. The third-order valence-electron chi connectivity index (χ3n) is 3.44. The molecule has 1 heterocycles. The molecule has 3 aromatic rings. The molecule has 0 atom stereocenters. The molecule has 6 nitrogen and oxygen atoms in total. The van der Waals surface area contributed by atoms with Crippen LogP contribution in [0.3, 0.4) is 0 Å². The highest BCUT2D eigenvalue weighted by molar-refractivity contribution is 5.41. The molecule has 118 valence electrons. The molecule has 0 amide bonds. The Balaban J connectivity index is 1.91. The Bertz CT molecular complexity index is 878. The summed E-state index contributed by atoms with van der Waals surface area (Å²) in [5.41, 5.74) is 2.34. The molecule has 0 aliphatic carbocycles. The molecule has 0 radical (unpaired) electrons. The van der Waals surface area contributed by atoms with E-state index in [0.29, 0.717) is 11.3 Å². The number of para-hydroxylation sites is 1. The van der Waals surface area contributed by atoms with Crippen LogP contribution in [0, 0.1) is 19.7 Å². The fraction of sp³-hybridized carbons (Fsp3) is 0.188. The van der Waals surface area contributed by atoms with E-state index in [1.807, 2.05) is 19.1 Å². The Morgan fingerprint density at radius 1 is 1.26 bits per heavy atom. The minimum atomic E-state index is -0.449. The fourth-order valence-corrected chi connectivity index (χ4v) is 2.43. The van der Waals surface area contributed by atoms with Crippen LogP contribution in [0.5, 0.6) is 5.75 Å². The number of rotatable bonds is 4. The van der Waals surface area contributed by atoms with Crippen LogP contribution in [-0.4, -0.2) is 20.2 Å². The summed E-state index contributed by atoms with van der Waals surface area (Å²) in [6, 6.07) is 10.4. The number of tetrazole rings is 1. The van der Waals surface area contributed by atoms with Crippen LogP contribution in [0.1, 0.15) is 16.7 Å². The van der Waals surface area contributed by atoms with Crippen LogP contribution < -0.4 is 10.4 Å². The van der Waals surface area contributed by atoms with Crippen LogP contribution >= 0.6 is 0 Å². The van der Waals surface area contributed by atoms with Crippen molar-refractivity contribution in [2.75, 3.05) is 0 Å². The number of hydrogen-bond acceptors (Lipinski definition) is 4. The standard InChI is InChI=1S/C16H15FN4O2/c1-10-7-11(2)15(13(17)8-10)23-9-12-5-3-4-6-14(12)21-16(22)18-19-20-21/h3-8H,9H2,1-2H3,(H,18,20,22). The Morgan fingerprint density at radius 3 is 2.74 bits per heavy atom. The molecule has 0 saturated heterocycles. The van der Waals surface area contributed by atoms with Gasteiger partial charge in [-0.15, -0.1) is 0 Å². The van der Waals surface area contributed by atoms with E-state index in [0.717, 1.165) is 15.8 Å². The second-order valence-electron chi connectivity index (χ2n) is 5.23. The molecule has 23 heavy (non-hydrogen) atoms. The van der Waals surface area contributed by atoms with Crippen LogP contribution in [0.15, 0.2) is 41.2 Å². The van der Waals surface area contributed by atoms with E-state index < -0.39 is 11.5 Å². The first-order chi connectivity index (χ1) is 11.1. The number of ether oxygens (including phenoxy) is 1. The lowest BCUT2D eigenvalue weighted by molar-refractivity contribution is 0.287. The van der Waals surface area contributed by atoms with Gasteiger partial charge in [-0.25, -0.2) is 14.3 Å². The zero-order valence-corrected chi connectivity index (χ0v) is 12.7. The summed E-state index contributed by atoms with van der Waals surface area (Å²) in [7, 11) is 0. The molecule has 0 aliphatic rings. The predicted molar refractivity (Wildman–Crippen MR) is 82.2 cm³/mol. The first-order valence-electron chi connectivity index (χ1n) is 7.04. The minimum Gasteiger partial charge on any atom is -0.485 e. The lowest BCUT2D eigenvalue weighted by Crippen LogP contribution is -2.18. The third-order valence-corrected chi connectivity index (χ3v) is 3.44. The fourth-order valence-electron chi connectivity index (χ4n) is 2.43. The predicted octanol–water partition coefficient (Wildman–Crippen LogP) is 2.29. The van der Waals surface area contributed by atoms with E-state index in [4.69, 9.17) is 4.74 Å². The highest BCUT2D eigenvalue weighted by Crippen LogP contribution is 2.25. The van der Waals surface area contributed by atoms with Crippen molar-refractivity contribution < 1.29 is 9.13 Å². The molecule has 0 unspecified atom stereocenters. The Hall–Kier alpha value is -2.96. The van der Waals surface area contributed by atoms with Gasteiger partial charge in [0.15, 0.2) is 11.6 Å². The zero-order valence-electron chi connectivity index (χ0n) is 12.7. The molecular formula is C16H15FN4O2. The molecule has 1 aromatic heterocycles. The first kappa shape index (κ1) is 15.0. The Morgan fingerprint density at radius 2 is 2.04 bits per heavy atom. The normalized spacial score (nSPS) is 10.7. The summed E-state index contributed by atoms with van der Waals surface area (Å²) in [5.74, 6) is -0.198. The molecule has 0 fully saturated rings. The van der Waals surface area contributed by atoms with Gasteiger partial charge in [0.2, 0.25) is 0 Å². The molecule has 2 aromatic carbocycles. The van der Waals surface area contributed by atoms with Crippen molar-refractivity contribution in [3.8, 4) is 11.4 Å². The van der Waals surface area contributed by atoms with Crippen LogP contribution in [-0.2, 0) is 6.61 Å². The Kier molecular flexibility index (Phi) is 3.92. The zero-order chi connectivity index (χ0) is 16.4. The first-order valence-corrected chi connectivity index (χ1v) is 7.04. The summed E-state index contributed by atoms with van der Waals surface area (Å²) in [5, 5.41) is 9.43. The highest BCUT2D eigenvalue weighted by atomic mass is 19.1. The van der Waals surface area contributed by atoms with Gasteiger partial charge in [-0.3, -0.25) is 0 Å². The lowest BCUT2D eigenvalue weighted by Gasteiger charge is -2.13. The van der Waals surface area contributed by atoms with Crippen molar-refractivity contribution in [1.29, 1.82) is 0 Å². The van der Waals surface area contributed by atoms with Gasteiger partial charge in [-0.1, -0.05) is 24.3 Å². The summed E-state index contributed by atoms with van der Waals surface area (Å²) in [4.78, 5) is 11.7. The molecule has 0 bridgehead atoms. The topological polar surface area (TPSA) is 72.8 Å². The van der Waals surface area contributed by atoms with Crippen molar-refractivity contribution >= 4 is 0 Å². The van der Waals surface area contributed by atoms with Gasteiger partial charge in [0.25, 0.3) is 0 Å². The van der Waals surface area contributed by atoms with E-state index in [9.17, 15) is 9.18 Å². The number of H-pyrrole nitrogens is 1. The maximum Gasteiger partial charge on any atom is 0.365 e. The Labute approximate surface area is 131 Å². The number of nitrogens with one attached hydrogen (secondary N) is 1. The molecule has 1 N–H and O–H groups in total. The average molecular weight is 314 g/mol. The molecule has 0 aliphatic heterocycles. The van der Waals surface area contributed by atoms with E-state index >= 15 is 0 Å². The number of aryl methyl sites for hydroxylation is 2. The molecular weight excluding hydrogens is 299 g/mol. The number of halogens is 1. The van der Waals surface area contributed by atoms with Gasteiger partial charge >= 0.3 is 5.69 Å². The molecule has 0 spiro atoms. The lowest BCUT2D eigenvalue weighted by atomic mass is 10.1. The van der Waals surface area contributed by atoms with Crippen molar-refractivity contribution in [3.05, 3.63) is 69.4 Å². The van der Waals surface area contributed by atoms with Crippen molar-refractivity contribution in [2.45, 2.75) is 20.5 Å². The van der Waals surface area contributed by atoms with Crippen molar-refractivity contribution in [3.63, 3.8) is 0 Å². The average Bonchev–Trinajstić information content (AvgIpc) is 2.92. The molecule has 3 rings (SSSR count). The quantitative estimate of drug-likeness (QED) is 0.802. The summed E-state index contributed by atoms with van der Waals surface area (Å²) in [6.07, 6.45) is 0. The largest absolute Gasteiger partial charge is 0.485 e. The van der Waals surface area contributed by atoms with E-state index in [-0.39, 0.29) is 12.4 Å². The SMILES string of the molecule is Cc1cc(C)c(OCc2ccccc2-n2nn[nH]c2=O)c(F)c1. The number of aromatic nitrogens is 4. The number of hydrogen-bond donors (Lipinski definition) is 1.